The smallest absolute Gasteiger partial charge is 0.148 e. The SMILES string of the molecule is CCC1CCCC1Nc1ccn(C)n1. The zero-order valence-corrected chi connectivity index (χ0v) is 9.03. The number of aryl methyl sites for hydroxylation is 1. The van der Waals surface area contributed by atoms with Gasteiger partial charge in [0, 0.05) is 25.4 Å². The van der Waals surface area contributed by atoms with Crippen LogP contribution >= 0.6 is 0 Å². The van der Waals surface area contributed by atoms with Crippen molar-refractivity contribution in [3.8, 4) is 0 Å². The molecular weight excluding hydrogens is 174 g/mol. The quantitative estimate of drug-likeness (QED) is 0.799. The highest BCUT2D eigenvalue weighted by molar-refractivity contribution is 5.34. The Hall–Kier alpha value is -0.990. The third kappa shape index (κ3) is 1.91. The predicted octanol–water partition coefficient (Wildman–Crippen LogP) is 2.41. The summed E-state index contributed by atoms with van der Waals surface area (Å²) in [6, 6.07) is 2.69. The Morgan fingerprint density at radius 1 is 1.57 bits per heavy atom. The first-order valence-corrected chi connectivity index (χ1v) is 5.55. The van der Waals surface area contributed by atoms with Crippen LogP contribution in [0.5, 0.6) is 0 Å². The molecule has 2 atom stereocenters. The Bertz CT molecular complexity index is 292. The normalized spacial score (nSPS) is 26.7. The highest BCUT2D eigenvalue weighted by atomic mass is 15.3. The minimum Gasteiger partial charge on any atom is -0.366 e. The van der Waals surface area contributed by atoms with Crippen LogP contribution in [0.3, 0.4) is 0 Å². The Morgan fingerprint density at radius 3 is 3.07 bits per heavy atom. The first-order chi connectivity index (χ1) is 6.79. The van der Waals surface area contributed by atoms with E-state index in [0.29, 0.717) is 6.04 Å². The maximum absolute atomic E-state index is 4.35. The highest BCUT2D eigenvalue weighted by Crippen LogP contribution is 2.30. The van der Waals surface area contributed by atoms with Gasteiger partial charge in [-0.2, -0.15) is 5.10 Å². The van der Waals surface area contributed by atoms with Crippen LogP contribution in [0.25, 0.3) is 0 Å². The molecule has 1 fully saturated rings. The van der Waals surface area contributed by atoms with Crippen molar-refractivity contribution in [2.45, 2.75) is 38.6 Å². The molecule has 0 radical (unpaired) electrons. The van der Waals surface area contributed by atoms with Gasteiger partial charge in [0.05, 0.1) is 0 Å². The summed E-state index contributed by atoms with van der Waals surface area (Å²) >= 11 is 0. The predicted molar refractivity (Wildman–Crippen MR) is 58.3 cm³/mol. The van der Waals surface area contributed by atoms with Crippen molar-refractivity contribution < 1.29 is 0 Å². The molecular formula is C11H19N3. The number of anilines is 1. The van der Waals surface area contributed by atoms with Crippen LogP contribution in [0.4, 0.5) is 5.82 Å². The summed E-state index contributed by atoms with van der Waals surface area (Å²) in [4.78, 5) is 0. The Labute approximate surface area is 85.5 Å². The summed E-state index contributed by atoms with van der Waals surface area (Å²) in [7, 11) is 1.96. The molecule has 1 N–H and O–H groups in total. The number of aromatic nitrogens is 2. The third-order valence-electron chi connectivity index (χ3n) is 3.23. The van der Waals surface area contributed by atoms with Crippen molar-refractivity contribution in [2.24, 2.45) is 13.0 Å². The summed E-state index contributed by atoms with van der Waals surface area (Å²) in [6.45, 7) is 2.28. The monoisotopic (exact) mass is 193 g/mol. The molecule has 14 heavy (non-hydrogen) atoms. The van der Waals surface area contributed by atoms with E-state index >= 15 is 0 Å². The van der Waals surface area contributed by atoms with Crippen molar-refractivity contribution in [1.82, 2.24) is 9.78 Å². The average molecular weight is 193 g/mol. The topological polar surface area (TPSA) is 29.9 Å². The number of nitrogens with one attached hydrogen (secondary N) is 1. The molecule has 1 saturated carbocycles. The zero-order chi connectivity index (χ0) is 9.97. The van der Waals surface area contributed by atoms with E-state index in [4.69, 9.17) is 0 Å². The standard InChI is InChI=1S/C11H19N3/c1-3-9-5-4-6-10(9)12-11-7-8-14(2)13-11/h7-10H,3-6H2,1-2H3,(H,12,13). The van der Waals surface area contributed by atoms with E-state index < -0.39 is 0 Å². The van der Waals surface area contributed by atoms with Gasteiger partial charge in [-0.15, -0.1) is 0 Å². The summed E-state index contributed by atoms with van der Waals surface area (Å²) in [5, 5.41) is 7.88. The minimum atomic E-state index is 0.648. The van der Waals surface area contributed by atoms with Crippen molar-refractivity contribution in [2.75, 3.05) is 5.32 Å². The highest BCUT2D eigenvalue weighted by Gasteiger charge is 2.25. The molecule has 1 aromatic rings. The molecule has 0 saturated heterocycles. The first kappa shape index (κ1) is 9.56. The summed E-state index contributed by atoms with van der Waals surface area (Å²) in [5.41, 5.74) is 0. The van der Waals surface area contributed by atoms with Gasteiger partial charge in [0.1, 0.15) is 5.82 Å². The lowest BCUT2D eigenvalue weighted by molar-refractivity contribution is 0.487. The van der Waals surface area contributed by atoms with Gasteiger partial charge < -0.3 is 5.32 Å². The van der Waals surface area contributed by atoms with E-state index in [1.165, 1.54) is 25.7 Å². The fourth-order valence-corrected chi connectivity index (χ4v) is 2.40. The molecule has 3 nitrogen and oxygen atoms in total. The maximum atomic E-state index is 4.35. The second-order valence-electron chi connectivity index (χ2n) is 4.22. The van der Waals surface area contributed by atoms with Gasteiger partial charge in [0.2, 0.25) is 0 Å². The fourth-order valence-electron chi connectivity index (χ4n) is 2.40. The van der Waals surface area contributed by atoms with E-state index in [1.54, 1.807) is 0 Å². The van der Waals surface area contributed by atoms with Gasteiger partial charge in [0.15, 0.2) is 0 Å². The molecule has 1 aromatic heterocycles. The lowest BCUT2D eigenvalue weighted by Gasteiger charge is -2.18. The molecule has 0 aliphatic heterocycles. The average Bonchev–Trinajstić information content (AvgIpc) is 2.76. The zero-order valence-electron chi connectivity index (χ0n) is 9.03. The van der Waals surface area contributed by atoms with Gasteiger partial charge in [-0.25, -0.2) is 0 Å². The molecule has 1 aliphatic carbocycles. The van der Waals surface area contributed by atoms with Crippen LogP contribution in [0.15, 0.2) is 12.3 Å². The number of nitrogens with zero attached hydrogens (tertiary/aromatic N) is 2. The molecule has 0 spiro atoms. The molecule has 0 amide bonds. The lowest BCUT2D eigenvalue weighted by Crippen LogP contribution is -2.23. The maximum Gasteiger partial charge on any atom is 0.148 e. The number of rotatable bonds is 3. The molecule has 1 heterocycles. The largest absolute Gasteiger partial charge is 0.366 e. The molecule has 3 heteroatoms. The third-order valence-corrected chi connectivity index (χ3v) is 3.23. The van der Waals surface area contributed by atoms with Gasteiger partial charge in [-0.1, -0.05) is 19.8 Å². The van der Waals surface area contributed by atoms with Gasteiger partial charge in [-0.3, -0.25) is 4.68 Å². The van der Waals surface area contributed by atoms with Crippen LogP contribution in [-0.2, 0) is 7.05 Å². The molecule has 78 valence electrons. The van der Waals surface area contributed by atoms with Crippen molar-refractivity contribution >= 4 is 5.82 Å². The van der Waals surface area contributed by atoms with Crippen molar-refractivity contribution in [1.29, 1.82) is 0 Å². The number of hydrogen-bond acceptors (Lipinski definition) is 2. The molecule has 0 aromatic carbocycles. The summed E-state index contributed by atoms with van der Waals surface area (Å²) in [6.07, 6.45) is 7.31. The lowest BCUT2D eigenvalue weighted by atomic mass is 10.0. The Balaban J connectivity index is 1.96. The van der Waals surface area contributed by atoms with Gasteiger partial charge in [0.25, 0.3) is 0 Å². The van der Waals surface area contributed by atoms with Gasteiger partial charge in [-0.05, 0) is 18.8 Å². The van der Waals surface area contributed by atoms with Crippen LogP contribution in [0.1, 0.15) is 32.6 Å². The Morgan fingerprint density at radius 2 is 2.43 bits per heavy atom. The molecule has 2 unspecified atom stereocenters. The molecule has 1 aliphatic rings. The number of hydrogen-bond donors (Lipinski definition) is 1. The molecule has 2 rings (SSSR count). The fraction of sp³-hybridized carbons (Fsp3) is 0.727. The summed E-state index contributed by atoms with van der Waals surface area (Å²) in [5.74, 6) is 1.87. The first-order valence-electron chi connectivity index (χ1n) is 5.55. The van der Waals surface area contributed by atoms with E-state index in [-0.39, 0.29) is 0 Å². The van der Waals surface area contributed by atoms with Crippen LogP contribution in [0, 0.1) is 5.92 Å². The minimum absolute atomic E-state index is 0.648. The second-order valence-corrected chi connectivity index (χ2v) is 4.22. The van der Waals surface area contributed by atoms with E-state index in [2.05, 4.69) is 17.3 Å². The molecule has 0 bridgehead atoms. The Kier molecular flexibility index (Phi) is 2.75. The van der Waals surface area contributed by atoms with Crippen molar-refractivity contribution in [3.05, 3.63) is 12.3 Å². The van der Waals surface area contributed by atoms with Crippen LogP contribution < -0.4 is 5.32 Å². The summed E-state index contributed by atoms with van der Waals surface area (Å²) < 4.78 is 1.85. The van der Waals surface area contributed by atoms with Crippen LogP contribution in [0.2, 0.25) is 0 Å². The van der Waals surface area contributed by atoms with Crippen molar-refractivity contribution in [3.63, 3.8) is 0 Å². The van der Waals surface area contributed by atoms with Crippen LogP contribution in [-0.4, -0.2) is 15.8 Å². The van der Waals surface area contributed by atoms with E-state index in [0.717, 1.165) is 11.7 Å². The van der Waals surface area contributed by atoms with Gasteiger partial charge >= 0.3 is 0 Å². The van der Waals surface area contributed by atoms with E-state index in [9.17, 15) is 0 Å². The second kappa shape index (κ2) is 4.03. The van der Waals surface area contributed by atoms with E-state index in [1.807, 2.05) is 24.0 Å².